The Morgan fingerprint density at radius 1 is 1.25 bits per heavy atom. The second-order valence-electron chi connectivity index (χ2n) is 5.88. The van der Waals surface area contributed by atoms with Crippen molar-refractivity contribution in [2.24, 2.45) is 5.41 Å². The summed E-state index contributed by atoms with van der Waals surface area (Å²) in [5.41, 5.74) is 2.31. The molecule has 0 saturated carbocycles. The Balaban J connectivity index is 2.18. The van der Waals surface area contributed by atoms with Crippen LogP contribution in [-0.4, -0.2) is 13.7 Å². The van der Waals surface area contributed by atoms with Crippen LogP contribution >= 0.6 is 0 Å². The average Bonchev–Trinajstić information content (AvgIpc) is 2.43. The van der Waals surface area contributed by atoms with Gasteiger partial charge in [0.25, 0.3) is 0 Å². The van der Waals surface area contributed by atoms with Crippen LogP contribution in [-0.2, 0) is 17.9 Å². The summed E-state index contributed by atoms with van der Waals surface area (Å²) in [7, 11) is 1.72. The fourth-order valence-electron chi connectivity index (χ4n) is 2.10. The van der Waals surface area contributed by atoms with Crippen LogP contribution < -0.4 is 5.32 Å². The zero-order valence-corrected chi connectivity index (χ0v) is 12.9. The SMILES string of the molecule is COCc1cccc(CNCCCCC(C)(C)C#N)c1. The minimum atomic E-state index is -0.186. The van der Waals surface area contributed by atoms with Crippen LogP contribution in [0, 0.1) is 16.7 Å². The predicted octanol–water partition coefficient (Wildman–Crippen LogP) is 3.64. The molecule has 1 aromatic rings. The normalized spacial score (nSPS) is 11.3. The smallest absolute Gasteiger partial charge is 0.0713 e. The highest BCUT2D eigenvalue weighted by molar-refractivity contribution is 5.22. The van der Waals surface area contributed by atoms with Crippen molar-refractivity contribution in [3.8, 4) is 6.07 Å². The Bertz CT molecular complexity index is 435. The molecule has 0 spiro atoms. The first kappa shape index (κ1) is 16.7. The molecule has 1 N–H and O–H groups in total. The molecule has 3 nitrogen and oxygen atoms in total. The third-order valence-corrected chi connectivity index (χ3v) is 3.34. The van der Waals surface area contributed by atoms with Gasteiger partial charge < -0.3 is 10.1 Å². The lowest BCUT2D eigenvalue weighted by atomic mass is 9.89. The van der Waals surface area contributed by atoms with E-state index in [1.165, 1.54) is 11.1 Å². The Morgan fingerprint density at radius 2 is 2.00 bits per heavy atom. The number of ether oxygens (including phenoxy) is 1. The van der Waals surface area contributed by atoms with Gasteiger partial charge in [-0.3, -0.25) is 0 Å². The lowest BCUT2D eigenvalue weighted by molar-refractivity contribution is 0.185. The van der Waals surface area contributed by atoms with Crippen LogP contribution in [0.25, 0.3) is 0 Å². The van der Waals surface area contributed by atoms with E-state index in [1.54, 1.807) is 7.11 Å². The maximum absolute atomic E-state index is 8.94. The van der Waals surface area contributed by atoms with E-state index in [-0.39, 0.29) is 5.41 Å². The number of hydrogen-bond donors (Lipinski definition) is 1. The summed E-state index contributed by atoms with van der Waals surface area (Å²) in [6, 6.07) is 10.8. The van der Waals surface area contributed by atoms with Gasteiger partial charge in [-0.1, -0.05) is 30.7 Å². The molecule has 0 fully saturated rings. The number of nitriles is 1. The maximum Gasteiger partial charge on any atom is 0.0713 e. The second-order valence-corrected chi connectivity index (χ2v) is 5.88. The lowest BCUT2D eigenvalue weighted by Gasteiger charge is -2.14. The van der Waals surface area contributed by atoms with Crippen molar-refractivity contribution >= 4 is 0 Å². The van der Waals surface area contributed by atoms with Crippen LogP contribution in [0.1, 0.15) is 44.2 Å². The molecule has 110 valence electrons. The van der Waals surface area contributed by atoms with Gasteiger partial charge in [0, 0.05) is 13.7 Å². The van der Waals surface area contributed by atoms with Crippen LogP contribution in [0.5, 0.6) is 0 Å². The molecule has 20 heavy (non-hydrogen) atoms. The minimum absolute atomic E-state index is 0.186. The lowest BCUT2D eigenvalue weighted by Crippen LogP contribution is -2.16. The molecular formula is C17H26N2O. The van der Waals surface area contributed by atoms with E-state index in [0.29, 0.717) is 6.61 Å². The Morgan fingerprint density at radius 3 is 2.70 bits per heavy atom. The Labute approximate surface area is 123 Å². The van der Waals surface area contributed by atoms with Gasteiger partial charge in [0.15, 0.2) is 0 Å². The molecule has 0 atom stereocenters. The number of nitrogens with zero attached hydrogens (tertiary/aromatic N) is 1. The number of rotatable bonds is 9. The first-order valence-electron chi connectivity index (χ1n) is 7.26. The van der Waals surface area contributed by atoms with Gasteiger partial charge in [-0.05, 0) is 44.4 Å². The van der Waals surface area contributed by atoms with Crippen LogP contribution in [0.3, 0.4) is 0 Å². The predicted molar refractivity (Wildman–Crippen MR) is 82.1 cm³/mol. The molecule has 1 rings (SSSR count). The standard InChI is InChI=1S/C17H26N2O/c1-17(2,14-18)9-4-5-10-19-12-15-7-6-8-16(11-15)13-20-3/h6-8,11,19H,4-5,9-10,12-13H2,1-3H3. The van der Waals surface area contributed by atoms with Crippen LogP contribution in [0.15, 0.2) is 24.3 Å². The van der Waals surface area contributed by atoms with Crippen molar-refractivity contribution in [3.63, 3.8) is 0 Å². The molecule has 0 aliphatic rings. The molecule has 0 aliphatic carbocycles. The van der Waals surface area contributed by atoms with Crippen molar-refractivity contribution in [2.75, 3.05) is 13.7 Å². The fraction of sp³-hybridized carbons (Fsp3) is 0.588. The van der Waals surface area contributed by atoms with Crippen LogP contribution in [0.4, 0.5) is 0 Å². The number of methoxy groups -OCH3 is 1. The van der Waals surface area contributed by atoms with Crippen molar-refractivity contribution in [3.05, 3.63) is 35.4 Å². The topological polar surface area (TPSA) is 45.0 Å². The maximum atomic E-state index is 8.94. The summed E-state index contributed by atoms with van der Waals surface area (Å²) in [4.78, 5) is 0. The third-order valence-electron chi connectivity index (χ3n) is 3.34. The second kappa shape index (κ2) is 8.73. The van der Waals surface area contributed by atoms with Gasteiger partial charge in [0.1, 0.15) is 0 Å². The van der Waals surface area contributed by atoms with E-state index in [4.69, 9.17) is 10.00 Å². The summed E-state index contributed by atoms with van der Waals surface area (Å²) < 4.78 is 5.14. The van der Waals surface area contributed by atoms with E-state index in [1.807, 2.05) is 13.8 Å². The molecule has 0 aliphatic heterocycles. The van der Waals surface area contributed by atoms with Crippen molar-refractivity contribution in [1.29, 1.82) is 5.26 Å². The minimum Gasteiger partial charge on any atom is -0.380 e. The summed E-state index contributed by atoms with van der Waals surface area (Å²) in [5.74, 6) is 0. The van der Waals surface area contributed by atoms with E-state index < -0.39 is 0 Å². The van der Waals surface area contributed by atoms with Crippen molar-refractivity contribution < 1.29 is 4.74 Å². The molecule has 0 saturated heterocycles. The molecule has 3 heteroatoms. The summed E-state index contributed by atoms with van der Waals surface area (Å²) in [6.07, 6.45) is 3.18. The number of nitrogens with one attached hydrogen (secondary N) is 1. The molecule has 1 aromatic carbocycles. The molecule has 0 radical (unpaired) electrons. The highest BCUT2D eigenvalue weighted by atomic mass is 16.5. The van der Waals surface area contributed by atoms with Crippen LogP contribution in [0.2, 0.25) is 0 Å². The van der Waals surface area contributed by atoms with Gasteiger partial charge in [-0.15, -0.1) is 0 Å². The Kier molecular flexibility index (Phi) is 7.28. The molecule has 0 heterocycles. The number of unbranched alkanes of at least 4 members (excludes halogenated alkanes) is 1. The van der Waals surface area contributed by atoms with E-state index in [9.17, 15) is 0 Å². The highest BCUT2D eigenvalue weighted by Crippen LogP contribution is 2.21. The molecule has 0 bridgehead atoms. The van der Waals surface area contributed by atoms with Gasteiger partial charge in [0.2, 0.25) is 0 Å². The van der Waals surface area contributed by atoms with E-state index >= 15 is 0 Å². The van der Waals surface area contributed by atoms with Crippen molar-refractivity contribution in [1.82, 2.24) is 5.32 Å². The summed E-state index contributed by atoms with van der Waals surface area (Å²) in [6.45, 7) is 6.55. The van der Waals surface area contributed by atoms with Gasteiger partial charge in [-0.2, -0.15) is 5.26 Å². The molecular weight excluding hydrogens is 248 g/mol. The van der Waals surface area contributed by atoms with Crippen molar-refractivity contribution in [2.45, 2.75) is 46.3 Å². The summed E-state index contributed by atoms with van der Waals surface area (Å²) >= 11 is 0. The van der Waals surface area contributed by atoms with Gasteiger partial charge in [-0.25, -0.2) is 0 Å². The molecule has 0 amide bonds. The quantitative estimate of drug-likeness (QED) is 0.699. The first-order valence-corrected chi connectivity index (χ1v) is 7.26. The monoisotopic (exact) mass is 274 g/mol. The fourth-order valence-corrected chi connectivity index (χ4v) is 2.10. The van der Waals surface area contributed by atoms with E-state index in [2.05, 4.69) is 35.7 Å². The van der Waals surface area contributed by atoms with Gasteiger partial charge >= 0.3 is 0 Å². The summed E-state index contributed by atoms with van der Waals surface area (Å²) in [5, 5.41) is 12.4. The largest absolute Gasteiger partial charge is 0.380 e. The third kappa shape index (κ3) is 6.70. The molecule has 0 aromatic heterocycles. The highest BCUT2D eigenvalue weighted by Gasteiger charge is 2.15. The average molecular weight is 274 g/mol. The van der Waals surface area contributed by atoms with Gasteiger partial charge in [0.05, 0.1) is 18.1 Å². The van der Waals surface area contributed by atoms with E-state index in [0.717, 1.165) is 32.4 Å². The zero-order valence-electron chi connectivity index (χ0n) is 12.9. The first-order chi connectivity index (χ1) is 9.57. The number of benzene rings is 1. The Hall–Kier alpha value is -1.37. The zero-order chi connectivity index (χ0) is 14.8. The number of hydrogen-bond acceptors (Lipinski definition) is 3. The molecule has 0 unspecified atom stereocenters.